The van der Waals surface area contributed by atoms with Crippen LogP contribution >= 0.6 is 0 Å². The molecule has 1 fully saturated rings. The van der Waals surface area contributed by atoms with E-state index in [1.54, 1.807) is 6.26 Å². The van der Waals surface area contributed by atoms with E-state index >= 15 is 0 Å². The third-order valence-corrected chi connectivity index (χ3v) is 4.41. The van der Waals surface area contributed by atoms with Gasteiger partial charge in [0.15, 0.2) is 0 Å². The molecule has 2 atom stereocenters. The van der Waals surface area contributed by atoms with Crippen LogP contribution in [-0.4, -0.2) is 45.6 Å². The van der Waals surface area contributed by atoms with Gasteiger partial charge in [0.05, 0.1) is 0 Å². The molecule has 1 rings (SSSR count). The lowest BCUT2D eigenvalue weighted by Gasteiger charge is -2.20. The third kappa shape index (κ3) is 2.23. The van der Waals surface area contributed by atoms with Crippen LogP contribution in [0.2, 0.25) is 0 Å². The van der Waals surface area contributed by atoms with Crippen LogP contribution in [0.4, 0.5) is 0 Å². The number of likely N-dealkylation sites (tertiary alicyclic amines) is 1. The number of hydrogen-bond acceptors (Lipinski definition) is 2. The molecule has 72 valence electrons. The average Bonchev–Trinajstić information content (AvgIpc) is 2.30. The highest BCUT2D eigenvalue weighted by Crippen LogP contribution is 2.17. The van der Waals surface area contributed by atoms with Crippen LogP contribution < -0.4 is 0 Å². The molecule has 1 aliphatic heterocycles. The molecule has 0 aliphatic carbocycles. The predicted octanol–water partition coefficient (Wildman–Crippen LogP) is 0.815. The normalized spacial score (nSPS) is 30.8. The molecule has 12 heavy (non-hydrogen) atoms. The van der Waals surface area contributed by atoms with Crippen LogP contribution in [0.25, 0.3) is 0 Å². The van der Waals surface area contributed by atoms with Gasteiger partial charge < -0.3 is 0 Å². The monoisotopic (exact) mass is 189 g/mol. The summed E-state index contributed by atoms with van der Waals surface area (Å²) in [6.07, 6.45) is 2.83. The largest absolute Gasteiger partial charge is 0.300 e. The average molecular weight is 189 g/mol. The summed E-state index contributed by atoms with van der Waals surface area (Å²) >= 11 is 0. The molecule has 1 aliphatic rings. The number of hydrogen-bond donors (Lipinski definition) is 0. The molecule has 0 aromatic carbocycles. The molecule has 1 unspecified atom stereocenters. The minimum absolute atomic E-state index is 0.319. The number of nitrogens with zero attached hydrogens (tertiary/aromatic N) is 1. The van der Waals surface area contributed by atoms with E-state index in [4.69, 9.17) is 0 Å². The molecule has 0 N–H and O–H groups in total. The van der Waals surface area contributed by atoms with Crippen molar-refractivity contribution < 1.29 is 4.21 Å². The quantitative estimate of drug-likeness (QED) is 0.599. The van der Waals surface area contributed by atoms with Crippen LogP contribution in [0.15, 0.2) is 0 Å². The molecule has 0 aromatic heterocycles. The molecular formula is C9H19NOS. The highest BCUT2D eigenvalue weighted by Gasteiger charge is 2.27. The van der Waals surface area contributed by atoms with Gasteiger partial charge in [-0.05, 0) is 42.2 Å². The van der Waals surface area contributed by atoms with Crippen molar-refractivity contribution in [2.75, 3.05) is 19.3 Å². The van der Waals surface area contributed by atoms with E-state index in [1.807, 2.05) is 0 Å². The second-order valence-corrected chi connectivity index (χ2v) is 6.88. The molecule has 1 heterocycles. The van der Waals surface area contributed by atoms with Crippen LogP contribution in [0.3, 0.4) is 0 Å². The first kappa shape index (κ1) is 10.1. The third-order valence-electron chi connectivity index (χ3n) is 2.61. The van der Waals surface area contributed by atoms with Gasteiger partial charge in [-0.1, -0.05) is 0 Å². The van der Waals surface area contributed by atoms with Crippen molar-refractivity contribution in [3.05, 3.63) is 0 Å². The zero-order chi connectivity index (χ0) is 9.35. The van der Waals surface area contributed by atoms with E-state index in [2.05, 4.69) is 24.6 Å². The van der Waals surface area contributed by atoms with E-state index in [1.165, 1.54) is 0 Å². The van der Waals surface area contributed by atoms with E-state index in [-0.39, 0.29) is 0 Å². The summed E-state index contributed by atoms with van der Waals surface area (Å²) in [5.74, 6) is 3.75. The molecule has 0 radical (unpaired) electrons. The Morgan fingerprint density at radius 1 is 1.58 bits per heavy atom. The van der Waals surface area contributed by atoms with E-state index < -0.39 is 9.52 Å². The highest BCUT2D eigenvalue weighted by atomic mass is 32.2. The predicted molar refractivity (Wildman–Crippen MR) is 56.3 cm³/mol. The van der Waals surface area contributed by atoms with Gasteiger partial charge in [-0.25, -0.2) is 0 Å². The van der Waals surface area contributed by atoms with Crippen LogP contribution in [0.5, 0.6) is 0 Å². The molecule has 0 spiro atoms. The summed E-state index contributed by atoms with van der Waals surface area (Å²) in [5.41, 5.74) is 0. The van der Waals surface area contributed by atoms with Gasteiger partial charge in [0.2, 0.25) is 0 Å². The first-order chi connectivity index (χ1) is 5.41. The lowest BCUT2D eigenvalue weighted by Crippen LogP contribution is -2.31. The Morgan fingerprint density at radius 2 is 2.17 bits per heavy atom. The first-order valence-corrected chi connectivity index (χ1v) is 6.66. The van der Waals surface area contributed by atoms with E-state index in [0.717, 1.165) is 19.5 Å². The van der Waals surface area contributed by atoms with Crippen LogP contribution in [0, 0.1) is 0 Å². The summed E-state index contributed by atoms with van der Waals surface area (Å²) in [7, 11) is -1.81. The minimum Gasteiger partial charge on any atom is -0.300 e. The maximum Gasteiger partial charge on any atom is 0.0409 e. The summed E-state index contributed by atoms with van der Waals surface area (Å²) in [6.45, 7) is 6.42. The van der Waals surface area contributed by atoms with Crippen LogP contribution in [0.1, 0.15) is 20.3 Å². The van der Waals surface area contributed by atoms with Crippen molar-refractivity contribution in [3.63, 3.8) is 0 Å². The molecule has 2 nitrogen and oxygen atoms in total. The van der Waals surface area contributed by atoms with Crippen molar-refractivity contribution >= 4 is 15.4 Å². The zero-order valence-electron chi connectivity index (χ0n) is 8.25. The maximum absolute atomic E-state index is 11.6. The van der Waals surface area contributed by atoms with Gasteiger partial charge >= 0.3 is 0 Å². The molecule has 1 saturated heterocycles. The highest BCUT2D eigenvalue weighted by molar-refractivity contribution is 8.00. The zero-order valence-corrected chi connectivity index (χ0v) is 9.06. The molecule has 3 heteroatoms. The van der Waals surface area contributed by atoms with Crippen molar-refractivity contribution in [2.24, 2.45) is 0 Å². The standard InChI is InChI=1S/C9H19NOS/c1-8(2)10-6-5-9(7-10)12(3,4)11/h8-9H,3,5-7H2,1-2,4H3/t9-,12?/m0/s1. The van der Waals surface area contributed by atoms with Gasteiger partial charge in [0, 0.05) is 24.1 Å². The maximum atomic E-state index is 11.6. The second kappa shape index (κ2) is 3.38. The Labute approximate surface area is 76.0 Å². The van der Waals surface area contributed by atoms with Crippen molar-refractivity contribution in [1.82, 2.24) is 4.90 Å². The van der Waals surface area contributed by atoms with Gasteiger partial charge in [-0.15, -0.1) is 0 Å². The summed E-state index contributed by atoms with van der Waals surface area (Å²) in [5, 5.41) is 0.319. The van der Waals surface area contributed by atoms with E-state index in [9.17, 15) is 4.21 Å². The van der Waals surface area contributed by atoms with Gasteiger partial charge in [-0.3, -0.25) is 9.11 Å². The van der Waals surface area contributed by atoms with Gasteiger partial charge in [0.25, 0.3) is 0 Å². The van der Waals surface area contributed by atoms with Crippen molar-refractivity contribution in [2.45, 2.75) is 31.6 Å². The molecule has 0 aromatic rings. The first-order valence-electron chi connectivity index (χ1n) is 4.46. The van der Waals surface area contributed by atoms with Crippen LogP contribution in [-0.2, 0) is 9.52 Å². The van der Waals surface area contributed by atoms with Gasteiger partial charge in [0.1, 0.15) is 0 Å². The SMILES string of the molecule is C=S(C)(=O)[C@H]1CCN(C(C)C)C1. The molecular weight excluding hydrogens is 170 g/mol. The van der Waals surface area contributed by atoms with Crippen molar-refractivity contribution in [1.29, 1.82) is 0 Å². The summed E-state index contributed by atoms with van der Waals surface area (Å²) in [4.78, 5) is 2.37. The molecule has 0 amide bonds. The fourth-order valence-electron chi connectivity index (χ4n) is 1.63. The Balaban J connectivity index is 2.58. The van der Waals surface area contributed by atoms with Gasteiger partial charge in [-0.2, -0.15) is 0 Å². The Bertz CT molecular complexity index is 243. The number of rotatable bonds is 2. The smallest absolute Gasteiger partial charge is 0.0409 e. The molecule has 0 bridgehead atoms. The minimum atomic E-state index is -1.81. The fraction of sp³-hybridized carbons (Fsp3) is 0.889. The second-order valence-electron chi connectivity index (χ2n) is 4.07. The Hall–Kier alpha value is -0.0200. The topological polar surface area (TPSA) is 20.3 Å². The Kier molecular flexibility index (Phi) is 2.84. The van der Waals surface area contributed by atoms with Crippen molar-refractivity contribution in [3.8, 4) is 0 Å². The molecule has 0 saturated carbocycles. The summed E-state index contributed by atoms with van der Waals surface area (Å²) in [6, 6.07) is 0.580. The summed E-state index contributed by atoms with van der Waals surface area (Å²) < 4.78 is 11.6. The van der Waals surface area contributed by atoms with E-state index in [0.29, 0.717) is 11.3 Å². The lowest BCUT2D eigenvalue weighted by atomic mass is 10.3. The Morgan fingerprint density at radius 3 is 2.42 bits per heavy atom. The fourth-order valence-corrected chi connectivity index (χ4v) is 2.74. The lowest BCUT2D eigenvalue weighted by molar-refractivity contribution is 0.276.